The summed E-state index contributed by atoms with van der Waals surface area (Å²) in [7, 11) is 0. The lowest BCUT2D eigenvalue weighted by Gasteiger charge is -1.94. The summed E-state index contributed by atoms with van der Waals surface area (Å²) in [6, 6.07) is 1.93. The first-order chi connectivity index (χ1) is 4.34. The molecule has 1 nitrogen and oxygen atoms in total. The van der Waals surface area contributed by atoms with Crippen molar-refractivity contribution in [2.24, 2.45) is 0 Å². The highest BCUT2D eigenvalue weighted by atomic mass is 127. The Hall–Kier alpha value is 0.460. The minimum absolute atomic E-state index is 0. The summed E-state index contributed by atoms with van der Waals surface area (Å²) in [5.41, 5.74) is 1.15. The standard InChI is InChI=1S/C6H5ClIN.ClH/c7-3-5-1-2-9-4-6(5)8;/h1-2,4H,3H2;1H. The summed E-state index contributed by atoms with van der Waals surface area (Å²) in [4.78, 5) is 3.93. The van der Waals surface area contributed by atoms with E-state index in [0.717, 1.165) is 9.13 Å². The van der Waals surface area contributed by atoms with Crippen LogP contribution in [-0.4, -0.2) is 4.98 Å². The van der Waals surface area contributed by atoms with E-state index >= 15 is 0 Å². The number of aromatic nitrogens is 1. The second-order valence-electron chi connectivity index (χ2n) is 1.60. The molecular formula is C6H6Cl2IN. The molecule has 0 fully saturated rings. The maximum atomic E-state index is 5.60. The van der Waals surface area contributed by atoms with E-state index in [1.54, 1.807) is 12.4 Å². The zero-order valence-corrected chi connectivity index (χ0v) is 8.78. The van der Waals surface area contributed by atoms with Crippen LogP contribution in [-0.2, 0) is 5.88 Å². The Morgan fingerprint density at radius 3 is 2.70 bits per heavy atom. The van der Waals surface area contributed by atoms with Crippen molar-refractivity contribution in [3.63, 3.8) is 0 Å². The molecule has 0 aliphatic heterocycles. The normalized spacial score (nSPS) is 8.60. The fourth-order valence-corrected chi connectivity index (χ4v) is 1.50. The minimum atomic E-state index is 0. The third-order valence-corrected chi connectivity index (χ3v) is 2.26. The molecule has 0 amide bonds. The number of hydrogen-bond donors (Lipinski definition) is 0. The summed E-state index contributed by atoms with van der Waals surface area (Å²) >= 11 is 7.81. The van der Waals surface area contributed by atoms with Gasteiger partial charge in [0.25, 0.3) is 0 Å². The van der Waals surface area contributed by atoms with Crippen LogP contribution in [0.25, 0.3) is 0 Å². The third kappa shape index (κ3) is 2.60. The van der Waals surface area contributed by atoms with Crippen LogP contribution < -0.4 is 0 Å². The molecule has 0 atom stereocenters. The first kappa shape index (κ1) is 10.5. The first-order valence-corrected chi connectivity index (χ1v) is 4.10. The van der Waals surface area contributed by atoms with Crippen LogP contribution in [0, 0.1) is 3.57 Å². The van der Waals surface area contributed by atoms with E-state index in [0.29, 0.717) is 5.88 Å². The van der Waals surface area contributed by atoms with Crippen LogP contribution in [0.15, 0.2) is 18.5 Å². The van der Waals surface area contributed by atoms with Gasteiger partial charge < -0.3 is 0 Å². The lowest BCUT2D eigenvalue weighted by Crippen LogP contribution is -1.83. The predicted octanol–water partition coefficient (Wildman–Crippen LogP) is 2.85. The molecule has 0 saturated heterocycles. The average Bonchev–Trinajstić information content (AvgIpc) is 1.89. The predicted molar refractivity (Wildman–Crippen MR) is 53.8 cm³/mol. The van der Waals surface area contributed by atoms with Gasteiger partial charge in [0.1, 0.15) is 0 Å². The van der Waals surface area contributed by atoms with Crippen molar-refractivity contribution < 1.29 is 0 Å². The Kier molecular flexibility index (Phi) is 5.39. The number of alkyl halides is 1. The van der Waals surface area contributed by atoms with E-state index in [-0.39, 0.29) is 12.4 Å². The molecule has 56 valence electrons. The third-order valence-electron chi connectivity index (χ3n) is 1.00. The van der Waals surface area contributed by atoms with Gasteiger partial charge in [0.15, 0.2) is 0 Å². The Bertz CT molecular complexity index is 205. The molecule has 1 aromatic rings. The second kappa shape index (κ2) is 5.16. The molecule has 0 spiro atoms. The van der Waals surface area contributed by atoms with Crippen molar-refractivity contribution >= 4 is 46.6 Å². The summed E-state index contributed by atoms with van der Waals surface area (Å²) < 4.78 is 1.13. The molecule has 4 heteroatoms. The summed E-state index contributed by atoms with van der Waals surface area (Å²) in [5.74, 6) is 0.570. The fourth-order valence-electron chi connectivity index (χ4n) is 0.512. The molecule has 0 aromatic carbocycles. The summed E-state index contributed by atoms with van der Waals surface area (Å²) in [5, 5.41) is 0. The smallest absolute Gasteiger partial charge is 0.0485 e. The fraction of sp³-hybridized carbons (Fsp3) is 0.167. The van der Waals surface area contributed by atoms with E-state index in [9.17, 15) is 0 Å². The maximum Gasteiger partial charge on any atom is 0.0485 e. The van der Waals surface area contributed by atoms with Gasteiger partial charge >= 0.3 is 0 Å². The van der Waals surface area contributed by atoms with Crippen molar-refractivity contribution in [2.75, 3.05) is 0 Å². The van der Waals surface area contributed by atoms with Gasteiger partial charge in [-0.05, 0) is 34.2 Å². The SMILES string of the molecule is Cl.ClCc1ccncc1I. The molecular weight excluding hydrogens is 284 g/mol. The van der Waals surface area contributed by atoms with E-state index in [1.165, 1.54) is 0 Å². The van der Waals surface area contributed by atoms with Crippen molar-refractivity contribution in [2.45, 2.75) is 5.88 Å². The van der Waals surface area contributed by atoms with Crippen LogP contribution >= 0.6 is 46.6 Å². The lowest BCUT2D eigenvalue weighted by atomic mass is 10.3. The van der Waals surface area contributed by atoms with Gasteiger partial charge in [-0.3, -0.25) is 4.98 Å². The molecule has 0 unspecified atom stereocenters. The molecule has 1 aromatic heterocycles. The first-order valence-electron chi connectivity index (χ1n) is 2.49. The monoisotopic (exact) mass is 289 g/mol. The van der Waals surface area contributed by atoms with Crippen molar-refractivity contribution in [3.05, 3.63) is 27.6 Å². The Morgan fingerprint density at radius 2 is 2.30 bits per heavy atom. The second-order valence-corrected chi connectivity index (χ2v) is 3.03. The van der Waals surface area contributed by atoms with Gasteiger partial charge in [-0.2, -0.15) is 0 Å². The molecule has 0 saturated carbocycles. The van der Waals surface area contributed by atoms with Crippen molar-refractivity contribution in [1.82, 2.24) is 4.98 Å². The van der Waals surface area contributed by atoms with Crippen molar-refractivity contribution in [1.29, 1.82) is 0 Å². The van der Waals surface area contributed by atoms with Crippen LogP contribution in [0.2, 0.25) is 0 Å². The molecule has 0 aliphatic rings. The number of hydrogen-bond acceptors (Lipinski definition) is 1. The number of pyridine rings is 1. The molecule has 10 heavy (non-hydrogen) atoms. The molecule has 0 bridgehead atoms. The number of rotatable bonds is 1. The van der Waals surface area contributed by atoms with E-state index in [2.05, 4.69) is 27.6 Å². The zero-order chi connectivity index (χ0) is 6.69. The van der Waals surface area contributed by atoms with Gasteiger partial charge in [-0.25, -0.2) is 0 Å². The van der Waals surface area contributed by atoms with E-state index in [4.69, 9.17) is 11.6 Å². The molecule has 0 aliphatic carbocycles. The summed E-state index contributed by atoms with van der Waals surface area (Å²) in [6.45, 7) is 0. The highest BCUT2D eigenvalue weighted by molar-refractivity contribution is 14.1. The maximum absolute atomic E-state index is 5.60. The molecule has 1 rings (SSSR count). The highest BCUT2D eigenvalue weighted by Gasteiger charge is 1.93. The Morgan fingerprint density at radius 1 is 1.60 bits per heavy atom. The van der Waals surface area contributed by atoms with Crippen molar-refractivity contribution in [3.8, 4) is 0 Å². The summed E-state index contributed by atoms with van der Waals surface area (Å²) in [6.07, 6.45) is 3.55. The minimum Gasteiger partial charge on any atom is -0.264 e. The van der Waals surface area contributed by atoms with Crippen LogP contribution in [0.5, 0.6) is 0 Å². The Labute approximate surface area is 84.7 Å². The lowest BCUT2D eigenvalue weighted by molar-refractivity contribution is 1.24. The van der Waals surface area contributed by atoms with Crippen LogP contribution in [0.4, 0.5) is 0 Å². The zero-order valence-electron chi connectivity index (χ0n) is 5.05. The largest absolute Gasteiger partial charge is 0.264 e. The van der Waals surface area contributed by atoms with Gasteiger partial charge in [0.05, 0.1) is 0 Å². The van der Waals surface area contributed by atoms with Crippen LogP contribution in [0.3, 0.4) is 0 Å². The van der Waals surface area contributed by atoms with Gasteiger partial charge in [-0.1, -0.05) is 0 Å². The van der Waals surface area contributed by atoms with Gasteiger partial charge in [-0.15, -0.1) is 24.0 Å². The quantitative estimate of drug-likeness (QED) is 0.572. The van der Waals surface area contributed by atoms with Gasteiger partial charge in [0.2, 0.25) is 0 Å². The molecule has 0 radical (unpaired) electrons. The van der Waals surface area contributed by atoms with E-state index < -0.39 is 0 Å². The highest BCUT2D eigenvalue weighted by Crippen LogP contribution is 2.11. The topological polar surface area (TPSA) is 12.9 Å². The van der Waals surface area contributed by atoms with E-state index in [1.807, 2.05) is 6.07 Å². The van der Waals surface area contributed by atoms with Gasteiger partial charge in [0, 0.05) is 21.8 Å². The molecule has 0 N–H and O–H groups in total. The van der Waals surface area contributed by atoms with Crippen LogP contribution in [0.1, 0.15) is 5.56 Å². The number of halogens is 3. The Balaban J connectivity index is 0.000000810. The average molecular weight is 290 g/mol. The number of nitrogens with zero attached hydrogens (tertiary/aromatic N) is 1. The molecule has 1 heterocycles.